The zero-order valence-corrected chi connectivity index (χ0v) is 25.0. The lowest BCUT2D eigenvalue weighted by Gasteiger charge is -2.15. The minimum absolute atomic E-state index is 0.0509. The molecule has 0 radical (unpaired) electrons. The molecule has 228 valence electrons. The summed E-state index contributed by atoms with van der Waals surface area (Å²) in [5.41, 5.74) is 3.87. The summed E-state index contributed by atoms with van der Waals surface area (Å²) in [6.07, 6.45) is 3.73. The first-order valence-electron chi connectivity index (χ1n) is 14.5. The zero-order chi connectivity index (χ0) is 31.4. The number of ether oxygens (including phenoxy) is 2. The molecular weight excluding hydrogens is 562 g/mol. The molecule has 1 amide bonds. The highest BCUT2D eigenvalue weighted by atomic mass is 16.6. The summed E-state index contributed by atoms with van der Waals surface area (Å²) in [6, 6.07) is 14.8. The standard InChI is InChI=1S/C34H35N3O7/c1-20(12-14-25-32(39)30-26(19-44-34(30)40)21(2)33(25)43-3)13-15-28(38)35-16-7-17-36-31-24-10-5-4-8-22(24)18-23-9-6-11-27(29(23)31)37(41)42/h4-6,8-12,18,36,39H,7,13-17,19H2,1-3H3,(H,35,38)/b20-12+. The Bertz CT molecular complexity index is 1810. The van der Waals surface area contributed by atoms with Crippen molar-refractivity contribution in [2.75, 3.05) is 25.5 Å². The maximum atomic E-state index is 12.5. The number of nitro benzene ring substituents is 1. The maximum Gasteiger partial charge on any atom is 0.342 e. The van der Waals surface area contributed by atoms with Crippen LogP contribution >= 0.6 is 0 Å². The van der Waals surface area contributed by atoms with Gasteiger partial charge in [-0.1, -0.05) is 48.0 Å². The van der Waals surface area contributed by atoms with Crippen molar-refractivity contribution in [2.45, 2.75) is 46.1 Å². The van der Waals surface area contributed by atoms with Crippen molar-refractivity contribution in [1.29, 1.82) is 0 Å². The second-order valence-corrected chi connectivity index (χ2v) is 10.9. The van der Waals surface area contributed by atoms with Gasteiger partial charge in [-0.25, -0.2) is 4.79 Å². The molecule has 3 N–H and O–H groups in total. The number of amides is 1. The number of phenols is 1. The third-order valence-electron chi connectivity index (χ3n) is 8.09. The molecule has 1 aliphatic heterocycles. The number of fused-ring (bicyclic) bond motifs is 3. The van der Waals surface area contributed by atoms with E-state index in [1.807, 2.05) is 56.3 Å². The van der Waals surface area contributed by atoms with Gasteiger partial charge in [0.1, 0.15) is 23.7 Å². The van der Waals surface area contributed by atoms with Crippen LogP contribution in [0.15, 0.2) is 60.2 Å². The number of nitrogens with one attached hydrogen (secondary N) is 2. The van der Waals surface area contributed by atoms with E-state index >= 15 is 0 Å². The average Bonchev–Trinajstić information content (AvgIpc) is 3.41. The van der Waals surface area contributed by atoms with Crippen LogP contribution in [0.2, 0.25) is 0 Å². The second kappa shape index (κ2) is 13.0. The summed E-state index contributed by atoms with van der Waals surface area (Å²) < 4.78 is 10.6. The van der Waals surface area contributed by atoms with Gasteiger partial charge >= 0.3 is 5.97 Å². The van der Waals surface area contributed by atoms with Gasteiger partial charge in [0.25, 0.3) is 5.69 Å². The van der Waals surface area contributed by atoms with Crippen molar-refractivity contribution < 1.29 is 29.1 Å². The molecule has 0 aromatic heterocycles. The molecule has 44 heavy (non-hydrogen) atoms. The molecule has 4 aromatic carbocycles. The third kappa shape index (κ3) is 6.01. The average molecular weight is 598 g/mol. The largest absolute Gasteiger partial charge is 0.507 e. The van der Waals surface area contributed by atoms with Crippen molar-refractivity contribution in [1.82, 2.24) is 5.32 Å². The Morgan fingerprint density at radius 3 is 2.68 bits per heavy atom. The van der Waals surface area contributed by atoms with E-state index in [1.165, 1.54) is 13.2 Å². The molecule has 10 nitrogen and oxygen atoms in total. The summed E-state index contributed by atoms with van der Waals surface area (Å²) in [7, 11) is 1.53. The summed E-state index contributed by atoms with van der Waals surface area (Å²) in [5.74, 6) is -0.211. The molecule has 4 aromatic rings. The first-order chi connectivity index (χ1) is 21.2. The monoisotopic (exact) mass is 597 g/mol. The van der Waals surface area contributed by atoms with Crippen molar-refractivity contribution >= 4 is 44.8 Å². The molecule has 1 aliphatic rings. The molecule has 0 fully saturated rings. The minimum atomic E-state index is -0.538. The minimum Gasteiger partial charge on any atom is -0.507 e. The first kappa shape index (κ1) is 30.3. The van der Waals surface area contributed by atoms with Gasteiger partial charge in [0.15, 0.2) is 0 Å². The predicted octanol–water partition coefficient (Wildman–Crippen LogP) is 6.48. The number of benzene rings is 4. The lowest BCUT2D eigenvalue weighted by Crippen LogP contribution is -2.25. The topological polar surface area (TPSA) is 140 Å². The van der Waals surface area contributed by atoms with Gasteiger partial charge < -0.3 is 25.2 Å². The lowest BCUT2D eigenvalue weighted by atomic mass is 9.94. The number of phenolic OH excluding ortho intramolecular Hbond substituents is 1. The number of nitro groups is 1. The highest BCUT2D eigenvalue weighted by molar-refractivity contribution is 6.14. The van der Waals surface area contributed by atoms with Crippen LogP contribution in [0, 0.1) is 17.0 Å². The van der Waals surface area contributed by atoms with E-state index < -0.39 is 5.97 Å². The van der Waals surface area contributed by atoms with Gasteiger partial charge in [-0.2, -0.15) is 0 Å². The molecule has 0 unspecified atom stereocenters. The summed E-state index contributed by atoms with van der Waals surface area (Å²) >= 11 is 0. The number of anilines is 1. The van der Waals surface area contributed by atoms with E-state index in [1.54, 1.807) is 6.07 Å². The van der Waals surface area contributed by atoms with E-state index in [9.17, 15) is 24.8 Å². The number of aromatic hydroxyl groups is 1. The van der Waals surface area contributed by atoms with Gasteiger partial charge in [0, 0.05) is 42.1 Å². The molecule has 5 rings (SSSR count). The molecule has 10 heteroatoms. The van der Waals surface area contributed by atoms with Crippen molar-refractivity contribution in [3.05, 3.63) is 92.5 Å². The molecular formula is C34H35N3O7. The fourth-order valence-electron chi connectivity index (χ4n) is 5.77. The molecule has 0 aliphatic carbocycles. The third-order valence-corrected chi connectivity index (χ3v) is 8.09. The fourth-order valence-corrected chi connectivity index (χ4v) is 5.77. The van der Waals surface area contributed by atoms with Crippen LogP contribution in [0.5, 0.6) is 11.5 Å². The van der Waals surface area contributed by atoms with Gasteiger partial charge in [-0.15, -0.1) is 0 Å². The predicted molar refractivity (Wildman–Crippen MR) is 169 cm³/mol. The highest BCUT2D eigenvalue weighted by Crippen LogP contribution is 2.42. The number of methoxy groups -OCH3 is 1. The highest BCUT2D eigenvalue weighted by Gasteiger charge is 2.31. The van der Waals surface area contributed by atoms with Gasteiger partial charge in [0.05, 0.1) is 23.1 Å². The Balaban J connectivity index is 1.15. The summed E-state index contributed by atoms with van der Waals surface area (Å²) in [4.78, 5) is 36.1. The number of rotatable bonds is 12. The van der Waals surface area contributed by atoms with Crippen LogP contribution in [-0.4, -0.2) is 42.1 Å². The Morgan fingerprint density at radius 1 is 1.14 bits per heavy atom. The summed E-state index contributed by atoms with van der Waals surface area (Å²) in [5, 5.41) is 32.2. The second-order valence-electron chi connectivity index (χ2n) is 10.9. The van der Waals surface area contributed by atoms with Crippen molar-refractivity contribution in [3.8, 4) is 11.5 Å². The van der Waals surface area contributed by atoms with Crippen LogP contribution in [0.4, 0.5) is 11.4 Å². The first-order valence-corrected chi connectivity index (χ1v) is 14.5. The number of nitrogens with zero attached hydrogens (tertiary/aromatic N) is 1. The quantitative estimate of drug-likeness (QED) is 0.0421. The van der Waals surface area contributed by atoms with Gasteiger partial charge in [-0.05, 0) is 55.5 Å². The van der Waals surface area contributed by atoms with Crippen LogP contribution in [-0.2, 0) is 22.6 Å². The van der Waals surface area contributed by atoms with Crippen LogP contribution in [0.25, 0.3) is 21.5 Å². The Kier molecular flexibility index (Phi) is 8.99. The van der Waals surface area contributed by atoms with E-state index in [-0.39, 0.29) is 34.4 Å². The SMILES string of the molecule is COc1c(C)c2c(c(O)c1C/C=C(\C)CCC(=O)NCCCNc1c3ccccc3cc3cccc([N+](=O)[O-])c13)C(=O)OC2. The van der Waals surface area contributed by atoms with E-state index in [0.29, 0.717) is 61.0 Å². The normalized spacial score (nSPS) is 12.7. The number of hydrogen-bond donors (Lipinski definition) is 3. The Hall–Kier alpha value is -5.12. The number of cyclic esters (lactones) is 1. The number of non-ortho nitro benzene ring substituents is 1. The number of allylic oxidation sites excluding steroid dienone is 2. The lowest BCUT2D eigenvalue weighted by molar-refractivity contribution is -0.383. The van der Waals surface area contributed by atoms with E-state index in [4.69, 9.17) is 9.47 Å². The molecule has 0 atom stereocenters. The Labute approximate surface area is 254 Å². The van der Waals surface area contributed by atoms with Crippen molar-refractivity contribution in [2.24, 2.45) is 0 Å². The van der Waals surface area contributed by atoms with Crippen LogP contribution in [0.3, 0.4) is 0 Å². The molecule has 0 spiro atoms. The van der Waals surface area contributed by atoms with Gasteiger partial charge in [0.2, 0.25) is 5.91 Å². The molecule has 0 bridgehead atoms. The van der Waals surface area contributed by atoms with Crippen LogP contribution in [0.1, 0.15) is 53.2 Å². The Morgan fingerprint density at radius 2 is 1.91 bits per heavy atom. The van der Waals surface area contributed by atoms with Crippen molar-refractivity contribution in [3.63, 3.8) is 0 Å². The molecule has 0 saturated carbocycles. The zero-order valence-electron chi connectivity index (χ0n) is 25.0. The number of esters is 1. The fraction of sp³-hybridized carbons (Fsp3) is 0.294. The summed E-state index contributed by atoms with van der Waals surface area (Å²) in [6.45, 7) is 4.85. The molecule has 1 heterocycles. The smallest absolute Gasteiger partial charge is 0.342 e. The maximum absolute atomic E-state index is 12.5. The number of carbonyl (C=O) groups excluding carboxylic acids is 2. The van der Waals surface area contributed by atoms with E-state index in [2.05, 4.69) is 10.6 Å². The number of carbonyl (C=O) groups is 2. The molecule has 0 saturated heterocycles. The van der Waals surface area contributed by atoms with Gasteiger partial charge in [-0.3, -0.25) is 14.9 Å². The van der Waals surface area contributed by atoms with Crippen LogP contribution < -0.4 is 15.4 Å². The van der Waals surface area contributed by atoms with E-state index in [0.717, 1.165) is 33.0 Å². The number of hydrogen-bond acceptors (Lipinski definition) is 8.